The standard InChI is InChI=1S/C20H17IO4/c1-24-18(22)20(19(23)25-2)12-14-10-6-7-11-15(14)16(20)17(21)13-8-4-3-5-9-13/h3-11H,12H2,1-2H3/b17-16+. The van der Waals surface area contributed by atoms with Crippen molar-refractivity contribution in [3.63, 3.8) is 0 Å². The minimum absolute atomic E-state index is 0.233. The van der Waals surface area contributed by atoms with Gasteiger partial charge in [0.25, 0.3) is 0 Å². The van der Waals surface area contributed by atoms with Crippen molar-refractivity contribution in [2.45, 2.75) is 6.42 Å². The number of methoxy groups -OCH3 is 2. The van der Waals surface area contributed by atoms with Crippen molar-refractivity contribution < 1.29 is 19.1 Å². The van der Waals surface area contributed by atoms with Gasteiger partial charge in [0.1, 0.15) is 0 Å². The van der Waals surface area contributed by atoms with Gasteiger partial charge in [0, 0.05) is 15.6 Å². The monoisotopic (exact) mass is 448 g/mol. The van der Waals surface area contributed by atoms with Crippen molar-refractivity contribution in [2.24, 2.45) is 5.41 Å². The number of hydrogen-bond donors (Lipinski definition) is 0. The molecular formula is C20H17IO4. The fourth-order valence-corrected chi connectivity index (χ4v) is 4.45. The summed E-state index contributed by atoms with van der Waals surface area (Å²) in [7, 11) is 2.59. The van der Waals surface area contributed by atoms with Gasteiger partial charge in [0.15, 0.2) is 5.41 Å². The Balaban J connectivity index is 2.36. The molecule has 25 heavy (non-hydrogen) atoms. The molecule has 0 bridgehead atoms. The molecule has 0 radical (unpaired) electrons. The third kappa shape index (κ3) is 2.76. The van der Waals surface area contributed by atoms with Gasteiger partial charge >= 0.3 is 11.9 Å². The fourth-order valence-electron chi connectivity index (χ4n) is 3.34. The quantitative estimate of drug-likeness (QED) is 0.407. The first-order valence-corrected chi connectivity index (χ1v) is 8.85. The minimum atomic E-state index is -1.49. The highest BCUT2D eigenvalue weighted by atomic mass is 127. The van der Waals surface area contributed by atoms with Crippen LogP contribution in [-0.2, 0) is 25.5 Å². The smallest absolute Gasteiger partial charge is 0.328 e. The molecule has 0 fully saturated rings. The summed E-state index contributed by atoms with van der Waals surface area (Å²) in [5.74, 6) is -1.20. The maximum Gasteiger partial charge on any atom is 0.328 e. The molecule has 1 aliphatic rings. The van der Waals surface area contributed by atoms with Crippen LogP contribution in [0.2, 0.25) is 0 Å². The summed E-state index contributed by atoms with van der Waals surface area (Å²) < 4.78 is 10.9. The zero-order valence-corrected chi connectivity index (χ0v) is 16.1. The first-order valence-electron chi connectivity index (χ1n) is 7.77. The van der Waals surface area contributed by atoms with Crippen LogP contribution in [0.4, 0.5) is 0 Å². The number of carbonyl (C=O) groups is 2. The van der Waals surface area contributed by atoms with Crippen LogP contribution in [0.25, 0.3) is 9.15 Å². The zero-order valence-electron chi connectivity index (χ0n) is 13.9. The van der Waals surface area contributed by atoms with E-state index in [-0.39, 0.29) is 6.42 Å². The number of halogens is 1. The Hall–Kier alpha value is -2.15. The second-order valence-electron chi connectivity index (χ2n) is 5.78. The van der Waals surface area contributed by atoms with E-state index in [2.05, 4.69) is 22.6 Å². The van der Waals surface area contributed by atoms with Gasteiger partial charge in [0.05, 0.1) is 14.2 Å². The average molecular weight is 448 g/mol. The van der Waals surface area contributed by atoms with E-state index in [1.54, 1.807) is 0 Å². The summed E-state index contributed by atoms with van der Waals surface area (Å²) in [6, 6.07) is 17.3. The molecule has 3 rings (SSSR count). The maximum atomic E-state index is 12.8. The molecule has 0 amide bonds. The molecule has 0 saturated heterocycles. The molecule has 2 aromatic carbocycles. The first kappa shape index (κ1) is 17.7. The van der Waals surface area contributed by atoms with Crippen LogP contribution in [0.1, 0.15) is 16.7 Å². The summed E-state index contributed by atoms with van der Waals surface area (Å²) in [4.78, 5) is 25.6. The Morgan fingerprint density at radius 2 is 1.48 bits per heavy atom. The molecule has 5 heteroatoms. The van der Waals surface area contributed by atoms with Gasteiger partial charge in [-0.3, -0.25) is 9.59 Å². The van der Waals surface area contributed by atoms with E-state index in [1.165, 1.54) is 14.2 Å². The molecule has 0 aliphatic heterocycles. The molecule has 0 unspecified atom stereocenters. The Labute approximate surface area is 160 Å². The number of ether oxygens (including phenoxy) is 2. The summed E-state index contributed by atoms with van der Waals surface area (Å²) in [6.07, 6.45) is 0.233. The first-order chi connectivity index (χ1) is 12.1. The molecular weight excluding hydrogens is 431 g/mol. The zero-order chi connectivity index (χ0) is 18.0. The van der Waals surface area contributed by atoms with Crippen molar-refractivity contribution >= 4 is 43.7 Å². The van der Waals surface area contributed by atoms with Crippen LogP contribution in [0.5, 0.6) is 0 Å². The van der Waals surface area contributed by atoms with Gasteiger partial charge in [-0.1, -0.05) is 54.6 Å². The summed E-state index contributed by atoms with van der Waals surface area (Å²) in [5.41, 5.74) is 1.91. The van der Waals surface area contributed by atoms with Gasteiger partial charge in [-0.2, -0.15) is 0 Å². The van der Waals surface area contributed by atoms with Gasteiger partial charge in [-0.25, -0.2) is 0 Å². The number of fused-ring (bicyclic) bond motifs is 1. The van der Waals surface area contributed by atoms with Crippen molar-refractivity contribution in [1.82, 2.24) is 0 Å². The second-order valence-corrected chi connectivity index (χ2v) is 6.86. The molecule has 4 nitrogen and oxygen atoms in total. The van der Waals surface area contributed by atoms with E-state index in [0.29, 0.717) is 5.57 Å². The molecule has 1 aliphatic carbocycles. The third-order valence-electron chi connectivity index (χ3n) is 4.48. The second kappa shape index (κ2) is 7.00. The third-order valence-corrected chi connectivity index (χ3v) is 5.65. The van der Waals surface area contributed by atoms with E-state index in [0.717, 1.165) is 20.3 Å². The van der Waals surface area contributed by atoms with Gasteiger partial charge in [-0.15, -0.1) is 0 Å². The lowest BCUT2D eigenvalue weighted by molar-refractivity contribution is -0.163. The van der Waals surface area contributed by atoms with Crippen LogP contribution >= 0.6 is 22.6 Å². The highest BCUT2D eigenvalue weighted by molar-refractivity contribution is 14.1. The van der Waals surface area contributed by atoms with Crippen LogP contribution < -0.4 is 0 Å². The molecule has 0 N–H and O–H groups in total. The van der Waals surface area contributed by atoms with Crippen molar-refractivity contribution in [2.75, 3.05) is 14.2 Å². The number of esters is 2. The summed E-state index contributed by atoms with van der Waals surface area (Å²) >= 11 is 2.19. The van der Waals surface area contributed by atoms with Gasteiger partial charge in [0.2, 0.25) is 0 Å². The molecule has 0 spiro atoms. The number of carbonyl (C=O) groups excluding carboxylic acids is 2. The predicted molar refractivity (Wildman–Crippen MR) is 104 cm³/mol. The number of rotatable bonds is 3. The van der Waals surface area contributed by atoms with Crippen LogP contribution in [-0.4, -0.2) is 26.2 Å². The topological polar surface area (TPSA) is 52.6 Å². The lowest BCUT2D eigenvalue weighted by atomic mass is 9.79. The highest BCUT2D eigenvalue weighted by Gasteiger charge is 2.57. The highest BCUT2D eigenvalue weighted by Crippen LogP contribution is 2.53. The molecule has 2 aromatic rings. The van der Waals surface area contributed by atoms with Gasteiger partial charge in [-0.05, 0) is 39.3 Å². The van der Waals surface area contributed by atoms with Crippen LogP contribution in [0.15, 0.2) is 54.6 Å². The van der Waals surface area contributed by atoms with E-state index in [9.17, 15) is 9.59 Å². The van der Waals surface area contributed by atoms with E-state index in [4.69, 9.17) is 9.47 Å². The Morgan fingerprint density at radius 1 is 0.920 bits per heavy atom. The van der Waals surface area contributed by atoms with Crippen molar-refractivity contribution in [3.05, 3.63) is 71.3 Å². The van der Waals surface area contributed by atoms with Crippen LogP contribution in [0.3, 0.4) is 0 Å². The van der Waals surface area contributed by atoms with E-state index >= 15 is 0 Å². The van der Waals surface area contributed by atoms with Crippen molar-refractivity contribution in [1.29, 1.82) is 0 Å². The molecule has 0 heterocycles. The van der Waals surface area contributed by atoms with Crippen molar-refractivity contribution in [3.8, 4) is 0 Å². The molecule has 0 aromatic heterocycles. The lowest BCUT2D eigenvalue weighted by Gasteiger charge is -2.26. The Bertz CT molecular complexity index is 839. The summed E-state index contributed by atoms with van der Waals surface area (Å²) in [6.45, 7) is 0. The average Bonchev–Trinajstić information content (AvgIpc) is 3.02. The maximum absolute atomic E-state index is 12.8. The fraction of sp³-hybridized carbons (Fsp3) is 0.200. The van der Waals surface area contributed by atoms with E-state index in [1.807, 2.05) is 54.6 Å². The number of benzene rings is 2. The largest absolute Gasteiger partial charge is 0.468 e. The van der Waals surface area contributed by atoms with E-state index < -0.39 is 17.4 Å². The molecule has 0 saturated carbocycles. The van der Waals surface area contributed by atoms with Crippen LogP contribution in [0, 0.1) is 5.41 Å². The minimum Gasteiger partial charge on any atom is -0.468 e. The number of hydrogen-bond acceptors (Lipinski definition) is 4. The summed E-state index contributed by atoms with van der Waals surface area (Å²) in [5, 5.41) is 0. The predicted octanol–water partition coefficient (Wildman–Crippen LogP) is 3.88. The lowest BCUT2D eigenvalue weighted by Crippen LogP contribution is -2.41. The SMILES string of the molecule is COC(=O)C1(C(=O)OC)Cc2ccccc2/C1=C(\I)c1ccccc1. The van der Waals surface area contributed by atoms with Gasteiger partial charge < -0.3 is 9.47 Å². The Morgan fingerprint density at radius 3 is 2.08 bits per heavy atom. The normalized spacial score (nSPS) is 16.8. The Kier molecular flexibility index (Phi) is 4.94. The molecule has 0 atom stereocenters. The molecule has 128 valence electrons.